The van der Waals surface area contributed by atoms with Gasteiger partial charge in [0.1, 0.15) is 5.75 Å². The Kier molecular flexibility index (Phi) is 7.58. The molecule has 1 aromatic rings. The molecular weight excluding hydrogens is 398 g/mol. The summed E-state index contributed by atoms with van der Waals surface area (Å²) in [7, 11) is 0. The van der Waals surface area contributed by atoms with Crippen molar-refractivity contribution in [3.05, 3.63) is 27.2 Å². The molecule has 1 saturated carbocycles. The second kappa shape index (κ2) is 8.23. The predicted octanol–water partition coefficient (Wildman–Crippen LogP) is 4.01. The average molecular weight is 419 g/mol. The van der Waals surface area contributed by atoms with Crippen LogP contribution >= 0.6 is 52.3 Å². The van der Waals surface area contributed by atoms with Crippen molar-refractivity contribution in [3.8, 4) is 5.75 Å². The molecule has 1 aliphatic carbocycles. The van der Waals surface area contributed by atoms with Crippen LogP contribution in [0.2, 0.25) is 5.02 Å². The number of phenolic OH excluding ortho intramolecular Hbond substituents is 1. The van der Waals surface area contributed by atoms with E-state index in [4.69, 9.17) is 11.6 Å². The molecule has 1 saturated heterocycles. The Morgan fingerprint density at radius 1 is 1.24 bits per heavy atom. The van der Waals surface area contributed by atoms with Gasteiger partial charge in [-0.1, -0.05) is 17.7 Å². The first kappa shape index (κ1) is 19.3. The number of phenols is 1. The van der Waals surface area contributed by atoms with Crippen LogP contribution in [-0.2, 0) is 0 Å². The Balaban J connectivity index is 0.00000110. The van der Waals surface area contributed by atoms with Gasteiger partial charge >= 0.3 is 0 Å². The normalized spacial score (nSPS) is 20.3. The summed E-state index contributed by atoms with van der Waals surface area (Å²) in [6.45, 7) is 4.14. The number of aromatic hydroxyl groups is 1. The zero-order valence-electron chi connectivity index (χ0n) is 11.5. The molecule has 2 aliphatic rings. The van der Waals surface area contributed by atoms with Crippen molar-refractivity contribution in [2.24, 2.45) is 5.92 Å². The fourth-order valence-corrected chi connectivity index (χ4v) is 3.43. The average Bonchev–Trinajstić information content (AvgIpc) is 3.25. The van der Waals surface area contributed by atoms with E-state index in [1.54, 1.807) is 0 Å². The molecule has 2 fully saturated rings. The van der Waals surface area contributed by atoms with Crippen molar-refractivity contribution in [1.29, 1.82) is 0 Å². The van der Waals surface area contributed by atoms with Gasteiger partial charge in [0, 0.05) is 37.8 Å². The van der Waals surface area contributed by atoms with Crippen molar-refractivity contribution in [2.45, 2.75) is 18.9 Å². The third-order valence-corrected chi connectivity index (χ3v) is 5.38. The van der Waals surface area contributed by atoms with Gasteiger partial charge in [0.15, 0.2) is 0 Å². The van der Waals surface area contributed by atoms with Gasteiger partial charge in [-0.25, -0.2) is 0 Å². The number of hydrogen-bond donors (Lipinski definition) is 2. The van der Waals surface area contributed by atoms with Crippen LogP contribution in [0.5, 0.6) is 5.75 Å². The number of hydrogen-bond acceptors (Lipinski definition) is 3. The fraction of sp³-hybridized carbons (Fsp3) is 0.571. The highest BCUT2D eigenvalue weighted by molar-refractivity contribution is 9.10. The lowest BCUT2D eigenvalue weighted by Crippen LogP contribution is -2.45. The van der Waals surface area contributed by atoms with E-state index in [-0.39, 0.29) is 24.8 Å². The summed E-state index contributed by atoms with van der Waals surface area (Å²) in [5.74, 6) is 0.986. The Hall–Kier alpha value is 0.290. The van der Waals surface area contributed by atoms with Crippen LogP contribution in [0, 0.1) is 5.92 Å². The number of nitrogens with one attached hydrogen (secondary N) is 1. The molecule has 1 aromatic carbocycles. The van der Waals surface area contributed by atoms with Crippen molar-refractivity contribution < 1.29 is 5.11 Å². The van der Waals surface area contributed by atoms with Crippen LogP contribution in [0.15, 0.2) is 16.6 Å². The molecule has 0 amide bonds. The van der Waals surface area contributed by atoms with Gasteiger partial charge in [0.25, 0.3) is 0 Å². The standard InChI is InChI=1S/C14H18BrClN2O.2ClH/c15-12-11(16)4-3-10(14(12)19)13(9-1-2-9)18-7-5-17-6-8-18;;/h3-4,9,13,17,19H,1-2,5-8H2;2*1H/t13-;;/m1../s1. The summed E-state index contributed by atoms with van der Waals surface area (Å²) in [5.41, 5.74) is 1.01. The van der Waals surface area contributed by atoms with E-state index >= 15 is 0 Å². The molecule has 0 spiro atoms. The molecular formula is C14H20BrCl3N2O. The van der Waals surface area contributed by atoms with Crippen LogP contribution in [0.25, 0.3) is 0 Å². The Morgan fingerprint density at radius 2 is 1.86 bits per heavy atom. The minimum Gasteiger partial charge on any atom is -0.506 e. The maximum absolute atomic E-state index is 10.4. The number of benzene rings is 1. The van der Waals surface area contributed by atoms with Crippen molar-refractivity contribution in [3.63, 3.8) is 0 Å². The molecule has 3 rings (SSSR count). The third kappa shape index (κ3) is 4.18. The van der Waals surface area contributed by atoms with Crippen LogP contribution in [-0.4, -0.2) is 36.2 Å². The molecule has 1 atom stereocenters. The van der Waals surface area contributed by atoms with Crippen molar-refractivity contribution >= 4 is 52.3 Å². The smallest absolute Gasteiger partial charge is 0.136 e. The van der Waals surface area contributed by atoms with E-state index in [2.05, 4.69) is 26.1 Å². The third-order valence-electron chi connectivity index (χ3n) is 4.03. The molecule has 120 valence electrons. The number of nitrogens with zero attached hydrogens (tertiary/aromatic N) is 1. The summed E-state index contributed by atoms with van der Waals surface area (Å²) in [4.78, 5) is 2.49. The molecule has 7 heteroatoms. The summed E-state index contributed by atoms with van der Waals surface area (Å²) in [6.07, 6.45) is 2.52. The van der Waals surface area contributed by atoms with E-state index in [1.165, 1.54) is 12.8 Å². The quantitative estimate of drug-likeness (QED) is 0.779. The van der Waals surface area contributed by atoms with Crippen molar-refractivity contribution in [1.82, 2.24) is 10.2 Å². The molecule has 21 heavy (non-hydrogen) atoms. The minimum absolute atomic E-state index is 0. The maximum Gasteiger partial charge on any atom is 0.136 e. The summed E-state index contributed by atoms with van der Waals surface area (Å²) in [5, 5.41) is 14.3. The van der Waals surface area contributed by atoms with E-state index in [0.29, 0.717) is 27.2 Å². The molecule has 1 heterocycles. The van der Waals surface area contributed by atoms with Crippen LogP contribution in [0.1, 0.15) is 24.4 Å². The van der Waals surface area contributed by atoms with E-state index < -0.39 is 0 Å². The van der Waals surface area contributed by atoms with E-state index in [0.717, 1.165) is 31.7 Å². The lowest BCUT2D eigenvalue weighted by molar-refractivity contribution is 0.153. The van der Waals surface area contributed by atoms with Crippen LogP contribution in [0.3, 0.4) is 0 Å². The first-order valence-corrected chi connectivity index (χ1v) is 7.97. The molecule has 1 aliphatic heterocycles. The maximum atomic E-state index is 10.4. The zero-order valence-corrected chi connectivity index (χ0v) is 15.5. The van der Waals surface area contributed by atoms with Gasteiger partial charge in [0.05, 0.1) is 9.50 Å². The lowest BCUT2D eigenvalue weighted by atomic mass is 9.99. The predicted molar refractivity (Wildman–Crippen MR) is 95.2 cm³/mol. The molecule has 0 unspecified atom stereocenters. The molecule has 3 nitrogen and oxygen atoms in total. The second-order valence-corrected chi connectivity index (χ2v) is 6.57. The molecule has 0 bridgehead atoms. The minimum atomic E-state index is 0. The topological polar surface area (TPSA) is 35.5 Å². The van der Waals surface area contributed by atoms with Gasteiger partial charge < -0.3 is 10.4 Å². The summed E-state index contributed by atoms with van der Waals surface area (Å²) in [6, 6.07) is 4.18. The van der Waals surface area contributed by atoms with Gasteiger partial charge in [-0.05, 0) is 40.8 Å². The molecule has 2 N–H and O–H groups in total. The van der Waals surface area contributed by atoms with Gasteiger partial charge in [-0.2, -0.15) is 0 Å². The molecule has 0 radical (unpaired) electrons. The second-order valence-electron chi connectivity index (χ2n) is 5.37. The zero-order chi connectivity index (χ0) is 13.4. The first-order chi connectivity index (χ1) is 9.18. The Bertz CT molecular complexity index is 480. The van der Waals surface area contributed by atoms with E-state index in [1.807, 2.05) is 12.1 Å². The fourth-order valence-electron chi connectivity index (χ4n) is 2.91. The van der Waals surface area contributed by atoms with E-state index in [9.17, 15) is 5.11 Å². The number of rotatable bonds is 3. The Morgan fingerprint density at radius 3 is 2.43 bits per heavy atom. The lowest BCUT2D eigenvalue weighted by Gasteiger charge is -2.36. The SMILES string of the molecule is Cl.Cl.Oc1c([C@@H](C2CC2)N2CCNCC2)ccc(Cl)c1Br. The number of piperazine rings is 1. The molecule has 0 aromatic heterocycles. The Labute approximate surface area is 151 Å². The highest BCUT2D eigenvalue weighted by atomic mass is 79.9. The van der Waals surface area contributed by atoms with Crippen LogP contribution < -0.4 is 5.32 Å². The summed E-state index contributed by atoms with van der Waals surface area (Å²) < 4.78 is 0.618. The largest absolute Gasteiger partial charge is 0.506 e. The van der Waals surface area contributed by atoms with Crippen LogP contribution in [0.4, 0.5) is 0 Å². The first-order valence-electron chi connectivity index (χ1n) is 6.80. The van der Waals surface area contributed by atoms with Crippen molar-refractivity contribution in [2.75, 3.05) is 26.2 Å². The summed E-state index contributed by atoms with van der Waals surface area (Å²) >= 11 is 9.42. The van der Waals surface area contributed by atoms with Gasteiger partial charge in [-0.3, -0.25) is 4.90 Å². The monoisotopic (exact) mass is 416 g/mol. The van der Waals surface area contributed by atoms with Gasteiger partial charge in [0.2, 0.25) is 0 Å². The highest BCUT2D eigenvalue weighted by Crippen LogP contribution is 2.49. The van der Waals surface area contributed by atoms with Gasteiger partial charge in [-0.15, -0.1) is 24.8 Å². The number of halogens is 4. The highest BCUT2D eigenvalue weighted by Gasteiger charge is 2.38.